The molecular weight excluding hydrogens is 203 g/mol. The van der Waals surface area contributed by atoms with E-state index in [0.717, 1.165) is 11.8 Å². The Morgan fingerprint density at radius 1 is 1.57 bits per heavy atom. The highest BCUT2D eigenvalue weighted by Crippen LogP contribution is 2.25. The van der Waals surface area contributed by atoms with Gasteiger partial charge in [0, 0.05) is 6.07 Å². The maximum atomic E-state index is 13.3. The predicted molar refractivity (Wildman–Crippen MR) is 51.9 cm³/mol. The second-order valence-electron chi connectivity index (χ2n) is 2.62. The van der Waals surface area contributed by atoms with Gasteiger partial charge in [0.25, 0.3) is 0 Å². The molecule has 0 saturated heterocycles. The molecule has 0 saturated carbocycles. The molecule has 0 fully saturated rings. The number of thiocyanates is 1. The molecule has 0 amide bonds. The van der Waals surface area contributed by atoms with Gasteiger partial charge in [-0.2, -0.15) is 5.26 Å². The number of anilines is 1. The standard InChI is InChI=1S/C8H5FN4S/c9-4-1-5-6(13-8(11)12-5)2-7(4)14-3-10/h1-2H,(H3,11,12,13). The molecule has 0 spiro atoms. The molecule has 0 atom stereocenters. The van der Waals surface area contributed by atoms with E-state index in [1.165, 1.54) is 12.1 Å². The molecule has 0 radical (unpaired) electrons. The van der Waals surface area contributed by atoms with Crippen LogP contribution < -0.4 is 5.73 Å². The van der Waals surface area contributed by atoms with Crippen LogP contribution in [0.3, 0.4) is 0 Å². The van der Waals surface area contributed by atoms with Crippen molar-refractivity contribution in [3.63, 3.8) is 0 Å². The van der Waals surface area contributed by atoms with E-state index >= 15 is 0 Å². The Hall–Kier alpha value is -1.74. The van der Waals surface area contributed by atoms with Crippen LogP contribution in [0, 0.1) is 16.5 Å². The first-order chi connectivity index (χ1) is 6.70. The van der Waals surface area contributed by atoms with Gasteiger partial charge in [-0.05, 0) is 17.8 Å². The van der Waals surface area contributed by atoms with Crippen LogP contribution in [0.5, 0.6) is 0 Å². The summed E-state index contributed by atoms with van der Waals surface area (Å²) in [4.78, 5) is 6.89. The van der Waals surface area contributed by atoms with Crippen LogP contribution in [0.25, 0.3) is 11.0 Å². The van der Waals surface area contributed by atoms with Gasteiger partial charge in [-0.15, -0.1) is 0 Å². The van der Waals surface area contributed by atoms with Gasteiger partial charge >= 0.3 is 0 Å². The summed E-state index contributed by atoms with van der Waals surface area (Å²) in [7, 11) is 0. The molecule has 1 aromatic heterocycles. The Labute approximate surface area is 82.9 Å². The third kappa shape index (κ3) is 1.38. The van der Waals surface area contributed by atoms with Crippen molar-refractivity contribution in [2.24, 2.45) is 0 Å². The average molecular weight is 208 g/mol. The zero-order chi connectivity index (χ0) is 10.1. The molecule has 0 aliphatic carbocycles. The van der Waals surface area contributed by atoms with Crippen molar-refractivity contribution in [1.29, 1.82) is 5.26 Å². The van der Waals surface area contributed by atoms with Crippen LogP contribution in [0.4, 0.5) is 10.3 Å². The molecular formula is C8H5FN4S. The molecule has 0 unspecified atom stereocenters. The fraction of sp³-hybridized carbons (Fsp3) is 0. The summed E-state index contributed by atoms with van der Waals surface area (Å²) in [6, 6.07) is 2.77. The first kappa shape index (κ1) is 8.84. The Morgan fingerprint density at radius 3 is 3.07 bits per heavy atom. The summed E-state index contributed by atoms with van der Waals surface area (Å²) in [6.45, 7) is 0. The van der Waals surface area contributed by atoms with E-state index in [1.54, 1.807) is 5.40 Å². The van der Waals surface area contributed by atoms with E-state index in [4.69, 9.17) is 11.0 Å². The van der Waals surface area contributed by atoms with E-state index in [2.05, 4.69) is 9.97 Å². The second kappa shape index (κ2) is 3.20. The summed E-state index contributed by atoms with van der Waals surface area (Å²) >= 11 is 0.762. The minimum absolute atomic E-state index is 0.235. The zero-order valence-corrected chi connectivity index (χ0v) is 7.73. The minimum atomic E-state index is -0.451. The molecule has 0 aliphatic rings. The van der Waals surface area contributed by atoms with Gasteiger partial charge in [0.2, 0.25) is 0 Å². The van der Waals surface area contributed by atoms with Crippen molar-refractivity contribution in [1.82, 2.24) is 9.97 Å². The number of benzene rings is 1. The first-order valence-electron chi connectivity index (χ1n) is 3.71. The Kier molecular flexibility index (Phi) is 2.02. The van der Waals surface area contributed by atoms with Crippen LogP contribution in [-0.2, 0) is 0 Å². The number of imidazole rings is 1. The highest BCUT2D eigenvalue weighted by molar-refractivity contribution is 8.03. The molecule has 3 N–H and O–H groups in total. The fourth-order valence-corrected chi connectivity index (χ4v) is 1.58. The molecule has 6 heteroatoms. The average Bonchev–Trinajstić information content (AvgIpc) is 2.45. The number of nitrogens with one attached hydrogen (secondary N) is 1. The van der Waals surface area contributed by atoms with E-state index in [0.29, 0.717) is 11.0 Å². The van der Waals surface area contributed by atoms with Gasteiger partial charge in [0.1, 0.15) is 11.2 Å². The maximum Gasteiger partial charge on any atom is 0.198 e. The number of nitrogen functional groups attached to an aromatic ring is 1. The SMILES string of the molecule is N#CSc1cc2nc(N)[nH]c2cc1F. The van der Waals surface area contributed by atoms with Gasteiger partial charge in [0.15, 0.2) is 5.95 Å². The smallest absolute Gasteiger partial charge is 0.198 e. The van der Waals surface area contributed by atoms with Crippen molar-refractivity contribution in [2.45, 2.75) is 4.90 Å². The highest BCUT2D eigenvalue weighted by atomic mass is 32.2. The zero-order valence-electron chi connectivity index (χ0n) is 6.91. The summed E-state index contributed by atoms with van der Waals surface area (Å²) in [6.07, 6.45) is 0. The Bertz CT molecular complexity index is 528. The van der Waals surface area contributed by atoms with E-state index < -0.39 is 5.82 Å². The Balaban J connectivity index is 2.65. The lowest BCUT2D eigenvalue weighted by molar-refractivity contribution is 0.604. The highest BCUT2D eigenvalue weighted by Gasteiger charge is 2.07. The largest absolute Gasteiger partial charge is 0.369 e. The minimum Gasteiger partial charge on any atom is -0.369 e. The summed E-state index contributed by atoms with van der Waals surface area (Å²) < 4.78 is 13.3. The van der Waals surface area contributed by atoms with E-state index in [9.17, 15) is 4.39 Å². The van der Waals surface area contributed by atoms with Gasteiger partial charge in [-0.3, -0.25) is 0 Å². The van der Waals surface area contributed by atoms with E-state index in [1.807, 2.05) is 0 Å². The summed E-state index contributed by atoms with van der Waals surface area (Å²) in [5, 5.41) is 10.2. The molecule has 4 nitrogen and oxygen atoms in total. The van der Waals surface area contributed by atoms with Crippen molar-refractivity contribution < 1.29 is 4.39 Å². The van der Waals surface area contributed by atoms with Crippen molar-refractivity contribution in [3.8, 4) is 5.40 Å². The molecule has 0 aliphatic heterocycles. The molecule has 2 rings (SSSR count). The van der Waals surface area contributed by atoms with Crippen LogP contribution >= 0.6 is 11.8 Å². The number of hydrogen-bond acceptors (Lipinski definition) is 4. The maximum absolute atomic E-state index is 13.3. The third-order valence-corrected chi connectivity index (χ3v) is 2.33. The number of aromatic amines is 1. The number of H-pyrrole nitrogens is 1. The molecule has 0 bridgehead atoms. The number of nitriles is 1. The van der Waals surface area contributed by atoms with Gasteiger partial charge in [0.05, 0.1) is 15.9 Å². The normalized spacial score (nSPS) is 10.3. The quantitative estimate of drug-likeness (QED) is 0.553. The molecule has 2 aromatic rings. The molecule has 70 valence electrons. The number of aromatic nitrogens is 2. The second-order valence-corrected chi connectivity index (χ2v) is 3.44. The number of halogens is 1. The molecule has 1 aromatic carbocycles. The monoisotopic (exact) mass is 208 g/mol. The lowest BCUT2D eigenvalue weighted by Crippen LogP contribution is -1.84. The predicted octanol–water partition coefficient (Wildman–Crippen LogP) is 1.86. The van der Waals surface area contributed by atoms with Crippen molar-refractivity contribution in [2.75, 3.05) is 5.73 Å². The fourth-order valence-electron chi connectivity index (χ4n) is 1.16. The third-order valence-electron chi connectivity index (χ3n) is 1.71. The van der Waals surface area contributed by atoms with Crippen LogP contribution in [0.2, 0.25) is 0 Å². The first-order valence-corrected chi connectivity index (χ1v) is 4.53. The lowest BCUT2D eigenvalue weighted by atomic mass is 10.3. The van der Waals surface area contributed by atoms with Crippen molar-refractivity contribution >= 4 is 28.7 Å². The van der Waals surface area contributed by atoms with Gasteiger partial charge in [-0.1, -0.05) is 0 Å². The number of fused-ring (bicyclic) bond motifs is 1. The number of thioether (sulfide) groups is 1. The number of nitrogens with zero attached hydrogens (tertiary/aromatic N) is 2. The molecule has 1 heterocycles. The van der Waals surface area contributed by atoms with Crippen LogP contribution in [0.1, 0.15) is 0 Å². The van der Waals surface area contributed by atoms with E-state index in [-0.39, 0.29) is 10.8 Å². The number of hydrogen-bond donors (Lipinski definition) is 2. The van der Waals surface area contributed by atoms with Gasteiger partial charge < -0.3 is 10.7 Å². The lowest BCUT2D eigenvalue weighted by Gasteiger charge is -1.95. The molecule has 14 heavy (non-hydrogen) atoms. The Morgan fingerprint density at radius 2 is 2.36 bits per heavy atom. The van der Waals surface area contributed by atoms with Gasteiger partial charge in [-0.25, -0.2) is 9.37 Å². The van der Waals surface area contributed by atoms with Crippen LogP contribution in [-0.4, -0.2) is 9.97 Å². The number of nitrogens with two attached hydrogens (primary N) is 1. The summed E-state index contributed by atoms with van der Waals surface area (Å²) in [5.74, 6) is -0.216. The number of rotatable bonds is 1. The summed E-state index contributed by atoms with van der Waals surface area (Å²) in [5.41, 5.74) is 6.49. The topological polar surface area (TPSA) is 78.5 Å². The van der Waals surface area contributed by atoms with Crippen molar-refractivity contribution in [3.05, 3.63) is 17.9 Å². The van der Waals surface area contributed by atoms with Crippen LogP contribution in [0.15, 0.2) is 17.0 Å².